The summed E-state index contributed by atoms with van der Waals surface area (Å²) in [5.41, 5.74) is 0. The molecule has 15 heavy (non-hydrogen) atoms. The molecular formula is C11H20N2O2. The minimum absolute atomic E-state index is 0.0387. The first-order valence-corrected chi connectivity index (χ1v) is 5.78. The molecular weight excluding hydrogens is 192 g/mol. The van der Waals surface area contributed by atoms with Gasteiger partial charge in [0.25, 0.3) is 0 Å². The van der Waals surface area contributed by atoms with Crippen LogP contribution in [0.5, 0.6) is 0 Å². The van der Waals surface area contributed by atoms with Crippen LogP contribution in [0.25, 0.3) is 0 Å². The Kier molecular flexibility index (Phi) is 5.15. The first-order chi connectivity index (χ1) is 7.24. The highest BCUT2D eigenvalue weighted by Crippen LogP contribution is 2.06. The molecule has 0 saturated carbocycles. The standard InChI is InChI=1S/C11H20N2O2/c1-2-3-4-5-6-11(15)13-8-7-12-10(14)9-13/h2-9H2,1H3,(H,12,14). The molecule has 1 saturated heterocycles. The Morgan fingerprint density at radius 3 is 2.87 bits per heavy atom. The molecule has 0 radical (unpaired) electrons. The summed E-state index contributed by atoms with van der Waals surface area (Å²) in [6.07, 6.45) is 5.02. The van der Waals surface area contributed by atoms with Gasteiger partial charge in [-0.3, -0.25) is 9.59 Å². The number of carbonyl (C=O) groups is 2. The van der Waals surface area contributed by atoms with Crippen molar-refractivity contribution in [3.63, 3.8) is 0 Å². The maximum atomic E-state index is 11.7. The van der Waals surface area contributed by atoms with Gasteiger partial charge in [-0.15, -0.1) is 0 Å². The summed E-state index contributed by atoms with van der Waals surface area (Å²) in [6, 6.07) is 0. The van der Waals surface area contributed by atoms with E-state index in [9.17, 15) is 9.59 Å². The van der Waals surface area contributed by atoms with Crippen molar-refractivity contribution >= 4 is 11.8 Å². The molecule has 0 atom stereocenters. The largest absolute Gasteiger partial charge is 0.353 e. The molecule has 1 rings (SSSR count). The third kappa shape index (κ3) is 4.32. The number of carbonyl (C=O) groups excluding carboxylic acids is 2. The quantitative estimate of drug-likeness (QED) is 0.689. The predicted octanol–water partition coefficient (Wildman–Crippen LogP) is 0.915. The minimum Gasteiger partial charge on any atom is -0.353 e. The third-order valence-electron chi connectivity index (χ3n) is 2.64. The van der Waals surface area contributed by atoms with Gasteiger partial charge in [0.05, 0.1) is 6.54 Å². The van der Waals surface area contributed by atoms with Crippen LogP contribution in [0.2, 0.25) is 0 Å². The lowest BCUT2D eigenvalue weighted by Crippen LogP contribution is -2.49. The molecule has 0 bridgehead atoms. The van der Waals surface area contributed by atoms with Crippen molar-refractivity contribution in [1.82, 2.24) is 10.2 Å². The van der Waals surface area contributed by atoms with Gasteiger partial charge in [0, 0.05) is 19.5 Å². The Hall–Kier alpha value is -1.06. The normalized spacial score (nSPS) is 16.3. The molecule has 0 aromatic heterocycles. The van der Waals surface area contributed by atoms with Gasteiger partial charge in [-0.1, -0.05) is 26.2 Å². The van der Waals surface area contributed by atoms with Crippen molar-refractivity contribution in [1.29, 1.82) is 0 Å². The number of hydrogen-bond donors (Lipinski definition) is 1. The molecule has 0 aromatic rings. The smallest absolute Gasteiger partial charge is 0.239 e. The fourth-order valence-electron chi connectivity index (χ4n) is 1.71. The Labute approximate surface area is 91.0 Å². The zero-order valence-corrected chi connectivity index (χ0v) is 9.42. The molecule has 0 aromatic carbocycles. The SMILES string of the molecule is CCCCCCC(=O)N1CCNC(=O)C1. The molecule has 0 spiro atoms. The number of rotatable bonds is 5. The summed E-state index contributed by atoms with van der Waals surface area (Å²) in [7, 11) is 0. The van der Waals surface area contributed by atoms with Gasteiger partial charge in [0.1, 0.15) is 0 Å². The molecule has 1 N–H and O–H groups in total. The fourth-order valence-corrected chi connectivity index (χ4v) is 1.71. The van der Waals surface area contributed by atoms with E-state index in [1.165, 1.54) is 12.8 Å². The van der Waals surface area contributed by atoms with E-state index in [-0.39, 0.29) is 18.4 Å². The van der Waals surface area contributed by atoms with Crippen LogP contribution in [0.15, 0.2) is 0 Å². The van der Waals surface area contributed by atoms with E-state index < -0.39 is 0 Å². The van der Waals surface area contributed by atoms with Gasteiger partial charge in [-0.05, 0) is 6.42 Å². The van der Waals surface area contributed by atoms with Crippen LogP contribution in [0.3, 0.4) is 0 Å². The first kappa shape index (κ1) is 12.0. The van der Waals surface area contributed by atoms with Crippen molar-refractivity contribution in [3.05, 3.63) is 0 Å². The second kappa shape index (κ2) is 6.43. The highest BCUT2D eigenvalue weighted by atomic mass is 16.2. The van der Waals surface area contributed by atoms with Crippen molar-refractivity contribution in [2.45, 2.75) is 39.0 Å². The average molecular weight is 212 g/mol. The molecule has 86 valence electrons. The second-order valence-electron chi connectivity index (χ2n) is 3.98. The third-order valence-corrected chi connectivity index (χ3v) is 2.64. The van der Waals surface area contributed by atoms with E-state index in [2.05, 4.69) is 12.2 Å². The maximum absolute atomic E-state index is 11.7. The number of piperazine rings is 1. The second-order valence-corrected chi connectivity index (χ2v) is 3.98. The topological polar surface area (TPSA) is 49.4 Å². The van der Waals surface area contributed by atoms with Gasteiger partial charge in [0.15, 0.2) is 0 Å². The fraction of sp³-hybridized carbons (Fsp3) is 0.818. The van der Waals surface area contributed by atoms with Gasteiger partial charge in [-0.2, -0.15) is 0 Å². The van der Waals surface area contributed by atoms with Crippen LogP contribution in [0.1, 0.15) is 39.0 Å². The summed E-state index contributed by atoms with van der Waals surface area (Å²) in [6.45, 7) is 3.65. The van der Waals surface area contributed by atoms with Crippen LogP contribution >= 0.6 is 0 Å². The van der Waals surface area contributed by atoms with E-state index >= 15 is 0 Å². The molecule has 1 aliphatic rings. The number of nitrogens with zero attached hydrogens (tertiary/aromatic N) is 1. The lowest BCUT2D eigenvalue weighted by Gasteiger charge is -2.26. The molecule has 0 aliphatic carbocycles. The monoisotopic (exact) mass is 212 g/mol. The Morgan fingerprint density at radius 1 is 1.40 bits per heavy atom. The van der Waals surface area contributed by atoms with Gasteiger partial charge < -0.3 is 10.2 Å². The summed E-state index contributed by atoms with van der Waals surface area (Å²) < 4.78 is 0. The summed E-state index contributed by atoms with van der Waals surface area (Å²) in [5.74, 6) is 0.0871. The minimum atomic E-state index is -0.0387. The highest BCUT2D eigenvalue weighted by Gasteiger charge is 2.20. The lowest BCUT2D eigenvalue weighted by atomic mass is 10.1. The highest BCUT2D eigenvalue weighted by molar-refractivity contribution is 5.85. The van der Waals surface area contributed by atoms with Crippen LogP contribution in [0, 0.1) is 0 Å². The summed E-state index contributed by atoms with van der Waals surface area (Å²) >= 11 is 0. The number of unbranched alkanes of at least 4 members (excludes halogenated alkanes) is 3. The molecule has 1 aliphatic heterocycles. The Morgan fingerprint density at radius 2 is 2.20 bits per heavy atom. The maximum Gasteiger partial charge on any atom is 0.239 e. The van der Waals surface area contributed by atoms with E-state index in [0.717, 1.165) is 12.8 Å². The molecule has 4 heteroatoms. The predicted molar refractivity (Wildman–Crippen MR) is 58.3 cm³/mol. The number of hydrogen-bond acceptors (Lipinski definition) is 2. The van der Waals surface area contributed by atoms with E-state index in [4.69, 9.17) is 0 Å². The van der Waals surface area contributed by atoms with Gasteiger partial charge in [0.2, 0.25) is 11.8 Å². The Bertz CT molecular complexity index is 229. The van der Waals surface area contributed by atoms with Crippen LogP contribution in [-0.2, 0) is 9.59 Å². The van der Waals surface area contributed by atoms with Crippen molar-refractivity contribution < 1.29 is 9.59 Å². The van der Waals surface area contributed by atoms with Crippen molar-refractivity contribution in [2.75, 3.05) is 19.6 Å². The number of amides is 2. The van der Waals surface area contributed by atoms with E-state index in [1.807, 2.05) is 0 Å². The van der Waals surface area contributed by atoms with E-state index in [0.29, 0.717) is 19.5 Å². The van der Waals surface area contributed by atoms with Crippen molar-refractivity contribution in [2.24, 2.45) is 0 Å². The lowest BCUT2D eigenvalue weighted by molar-refractivity contribution is -0.138. The zero-order chi connectivity index (χ0) is 11.1. The summed E-state index contributed by atoms with van der Waals surface area (Å²) in [5, 5.41) is 2.71. The summed E-state index contributed by atoms with van der Waals surface area (Å²) in [4.78, 5) is 24.4. The molecule has 2 amide bonds. The first-order valence-electron chi connectivity index (χ1n) is 5.78. The Balaban J connectivity index is 2.18. The van der Waals surface area contributed by atoms with Crippen LogP contribution in [0.4, 0.5) is 0 Å². The molecule has 0 unspecified atom stereocenters. The van der Waals surface area contributed by atoms with Crippen LogP contribution in [-0.4, -0.2) is 36.3 Å². The zero-order valence-electron chi connectivity index (χ0n) is 9.42. The van der Waals surface area contributed by atoms with Gasteiger partial charge in [-0.25, -0.2) is 0 Å². The average Bonchev–Trinajstić information content (AvgIpc) is 2.24. The molecule has 4 nitrogen and oxygen atoms in total. The van der Waals surface area contributed by atoms with E-state index in [1.54, 1.807) is 4.90 Å². The molecule has 1 fully saturated rings. The molecule has 1 heterocycles. The van der Waals surface area contributed by atoms with Crippen molar-refractivity contribution in [3.8, 4) is 0 Å². The number of nitrogens with one attached hydrogen (secondary N) is 1. The van der Waals surface area contributed by atoms with Crippen LogP contribution < -0.4 is 5.32 Å². The van der Waals surface area contributed by atoms with Gasteiger partial charge >= 0.3 is 0 Å².